The zero-order valence-corrected chi connectivity index (χ0v) is 9.98. The van der Waals surface area contributed by atoms with Gasteiger partial charge in [0, 0.05) is 13.6 Å². The van der Waals surface area contributed by atoms with E-state index in [2.05, 4.69) is 0 Å². The molecule has 0 saturated carbocycles. The molecule has 1 rings (SSSR count). The average Bonchev–Trinajstić information content (AvgIpc) is 2.16. The minimum Gasteiger partial charge on any atom is -0.508 e. The predicted octanol–water partition coefficient (Wildman–Crippen LogP) is 0.394. The van der Waals surface area contributed by atoms with Crippen molar-refractivity contribution < 1.29 is 18.6 Å². The number of sulfonamides is 1. The molecule has 0 amide bonds. The molecular weight excluding hydrogens is 230 g/mol. The lowest BCUT2D eigenvalue weighted by molar-refractivity contribution is 0.171. The molecule has 0 aliphatic rings. The highest BCUT2D eigenvalue weighted by molar-refractivity contribution is 7.89. The molecule has 0 radical (unpaired) electrons. The van der Waals surface area contributed by atoms with Crippen LogP contribution in [0.4, 0.5) is 0 Å². The van der Waals surface area contributed by atoms with Gasteiger partial charge in [0.25, 0.3) is 0 Å². The standard InChI is InChI=1S/C10H15NO4S/c1-8(12)7-11(2)16(14,15)10-5-3-4-9(13)6-10/h3-6,8,12-13H,7H2,1-2H3. The van der Waals surface area contributed by atoms with Crippen molar-refractivity contribution in [3.8, 4) is 5.75 Å². The topological polar surface area (TPSA) is 77.8 Å². The van der Waals surface area contributed by atoms with E-state index >= 15 is 0 Å². The first-order valence-electron chi connectivity index (χ1n) is 4.77. The van der Waals surface area contributed by atoms with Crippen LogP contribution in [0, 0.1) is 0 Å². The molecule has 0 spiro atoms. The lowest BCUT2D eigenvalue weighted by Gasteiger charge is -2.18. The second kappa shape index (κ2) is 4.82. The van der Waals surface area contributed by atoms with Crippen LogP contribution in [0.1, 0.15) is 6.92 Å². The first kappa shape index (κ1) is 13.0. The summed E-state index contributed by atoms with van der Waals surface area (Å²) in [6, 6.07) is 5.42. The molecule has 0 aliphatic heterocycles. The summed E-state index contributed by atoms with van der Waals surface area (Å²) >= 11 is 0. The van der Waals surface area contributed by atoms with E-state index in [1.807, 2.05) is 0 Å². The van der Waals surface area contributed by atoms with Crippen LogP contribution in [0.3, 0.4) is 0 Å². The number of phenolic OH excluding ortho intramolecular Hbond substituents is 1. The Morgan fingerprint density at radius 2 is 2.06 bits per heavy atom. The number of aliphatic hydroxyl groups excluding tert-OH is 1. The van der Waals surface area contributed by atoms with Crippen LogP contribution in [0.2, 0.25) is 0 Å². The number of aliphatic hydroxyl groups is 1. The van der Waals surface area contributed by atoms with Crippen molar-refractivity contribution in [2.75, 3.05) is 13.6 Å². The van der Waals surface area contributed by atoms with E-state index in [1.54, 1.807) is 0 Å². The Kier molecular flexibility index (Phi) is 3.90. The van der Waals surface area contributed by atoms with Gasteiger partial charge in [-0.2, -0.15) is 4.31 Å². The first-order valence-corrected chi connectivity index (χ1v) is 6.21. The zero-order chi connectivity index (χ0) is 12.3. The largest absolute Gasteiger partial charge is 0.508 e. The fraction of sp³-hybridized carbons (Fsp3) is 0.400. The van der Waals surface area contributed by atoms with Gasteiger partial charge in [0.05, 0.1) is 11.0 Å². The quantitative estimate of drug-likeness (QED) is 0.804. The molecular formula is C10H15NO4S. The van der Waals surface area contributed by atoms with Crippen molar-refractivity contribution in [1.82, 2.24) is 4.31 Å². The molecule has 0 heterocycles. The van der Waals surface area contributed by atoms with E-state index in [1.165, 1.54) is 38.2 Å². The second-order valence-corrected chi connectivity index (χ2v) is 5.68. The number of hydrogen-bond acceptors (Lipinski definition) is 4. The third kappa shape index (κ3) is 2.94. The summed E-state index contributed by atoms with van der Waals surface area (Å²) in [4.78, 5) is 0.00986. The zero-order valence-electron chi connectivity index (χ0n) is 9.16. The molecule has 1 atom stereocenters. The van der Waals surface area contributed by atoms with Crippen LogP contribution in [-0.4, -0.2) is 42.6 Å². The van der Waals surface area contributed by atoms with E-state index in [4.69, 9.17) is 5.11 Å². The van der Waals surface area contributed by atoms with Gasteiger partial charge in [-0.1, -0.05) is 6.07 Å². The van der Waals surface area contributed by atoms with Crippen LogP contribution in [0.25, 0.3) is 0 Å². The normalized spacial score (nSPS) is 14.0. The van der Waals surface area contributed by atoms with Crippen molar-refractivity contribution in [2.45, 2.75) is 17.9 Å². The van der Waals surface area contributed by atoms with Crippen molar-refractivity contribution in [3.05, 3.63) is 24.3 Å². The number of likely N-dealkylation sites (N-methyl/N-ethyl adjacent to an activating group) is 1. The predicted molar refractivity (Wildman–Crippen MR) is 59.6 cm³/mol. The smallest absolute Gasteiger partial charge is 0.243 e. The number of aromatic hydroxyl groups is 1. The molecule has 6 heteroatoms. The van der Waals surface area contributed by atoms with Crippen molar-refractivity contribution in [3.63, 3.8) is 0 Å². The lowest BCUT2D eigenvalue weighted by Crippen LogP contribution is -2.33. The summed E-state index contributed by atoms with van der Waals surface area (Å²) in [6.45, 7) is 1.52. The third-order valence-corrected chi connectivity index (χ3v) is 3.87. The second-order valence-electron chi connectivity index (χ2n) is 3.63. The fourth-order valence-electron chi connectivity index (χ4n) is 1.29. The minimum atomic E-state index is -3.64. The van der Waals surface area contributed by atoms with Gasteiger partial charge in [-0.15, -0.1) is 0 Å². The third-order valence-electron chi connectivity index (χ3n) is 2.05. The average molecular weight is 245 g/mol. The lowest BCUT2D eigenvalue weighted by atomic mass is 10.3. The Morgan fingerprint density at radius 1 is 1.44 bits per heavy atom. The van der Waals surface area contributed by atoms with Gasteiger partial charge in [0.1, 0.15) is 5.75 Å². The van der Waals surface area contributed by atoms with E-state index in [-0.39, 0.29) is 17.2 Å². The van der Waals surface area contributed by atoms with Crippen molar-refractivity contribution in [1.29, 1.82) is 0 Å². The minimum absolute atomic E-state index is 0.00986. The summed E-state index contributed by atoms with van der Waals surface area (Å²) in [5, 5.41) is 18.3. The van der Waals surface area contributed by atoms with E-state index in [0.29, 0.717) is 0 Å². The van der Waals surface area contributed by atoms with Gasteiger partial charge in [-0.25, -0.2) is 8.42 Å². The highest BCUT2D eigenvalue weighted by Gasteiger charge is 2.21. The molecule has 1 aromatic carbocycles. The van der Waals surface area contributed by atoms with E-state index in [0.717, 1.165) is 4.31 Å². The molecule has 1 unspecified atom stereocenters. The first-order chi connectivity index (χ1) is 7.34. The van der Waals surface area contributed by atoms with Crippen LogP contribution >= 0.6 is 0 Å². The number of nitrogens with zero attached hydrogens (tertiary/aromatic N) is 1. The Labute approximate surface area is 95.0 Å². The Bertz CT molecular complexity index is 456. The SMILES string of the molecule is CC(O)CN(C)S(=O)(=O)c1cccc(O)c1. The van der Waals surface area contributed by atoms with Crippen LogP contribution in [0.15, 0.2) is 29.2 Å². The summed E-state index contributed by atoms with van der Waals surface area (Å²) in [7, 11) is -2.26. The molecule has 0 aromatic heterocycles. The molecule has 0 bridgehead atoms. The maximum Gasteiger partial charge on any atom is 0.243 e. The highest BCUT2D eigenvalue weighted by Crippen LogP contribution is 2.19. The maximum atomic E-state index is 11.9. The summed E-state index contributed by atoms with van der Waals surface area (Å²) in [5.41, 5.74) is 0. The molecule has 5 nitrogen and oxygen atoms in total. The Balaban J connectivity index is 3.02. The van der Waals surface area contributed by atoms with Gasteiger partial charge in [0.15, 0.2) is 0 Å². The molecule has 0 fully saturated rings. The molecule has 90 valence electrons. The summed E-state index contributed by atoms with van der Waals surface area (Å²) in [6.07, 6.45) is -0.739. The van der Waals surface area contributed by atoms with E-state index < -0.39 is 16.1 Å². The number of hydrogen-bond donors (Lipinski definition) is 2. The molecule has 1 aromatic rings. The Hall–Kier alpha value is -1.11. The molecule has 0 saturated heterocycles. The van der Waals surface area contributed by atoms with Crippen LogP contribution in [-0.2, 0) is 10.0 Å². The van der Waals surface area contributed by atoms with Gasteiger partial charge in [-0.3, -0.25) is 0 Å². The maximum absolute atomic E-state index is 11.9. The monoisotopic (exact) mass is 245 g/mol. The molecule has 0 aliphatic carbocycles. The van der Waals surface area contributed by atoms with Crippen LogP contribution < -0.4 is 0 Å². The number of rotatable bonds is 4. The highest BCUT2D eigenvalue weighted by atomic mass is 32.2. The molecule has 2 N–H and O–H groups in total. The van der Waals surface area contributed by atoms with Crippen molar-refractivity contribution >= 4 is 10.0 Å². The van der Waals surface area contributed by atoms with Gasteiger partial charge in [0.2, 0.25) is 10.0 Å². The van der Waals surface area contributed by atoms with Crippen molar-refractivity contribution in [2.24, 2.45) is 0 Å². The number of benzene rings is 1. The van der Waals surface area contributed by atoms with E-state index in [9.17, 15) is 13.5 Å². The summed E-state index contributed by atoms with van der Waals surface area (Å²) in [5.74, 6) is -0.105. The van der Waals surface area contributed by atoms with Crippen LogP contribution in [0.5, 0.6) is 5.75 Å². The fourth-order valence-corrected chi connectivity index (χ4v) is 2.59. The van der Waals surface area contributed by atoms with Gasteiger partial charge >= 0.3 is 0 Å². The Morgan fingerprint density at radius 3 is 2.56 bits per heavy atom. The molecule has 16 heavy (non-hydrogen) atoms. The van der Waals surface area contributed by atoms with Gasteiger partial charge < -0.3 is 10.2 Å². The summed E-state index contributed by atoms with van der Waals surface area (Å²) < 4.78 is 24.9. The number of phenols is 1. The van der Waals surface area contributed by atoms with Gasteiger partial charge in [-0.05, 0) is 25.1 Å².